The van der Waals surface area contributed by atoms with Crippen molar-refractivity contribution in [3.63, 3.8) is 0 Å². The molecule has 0 saturated carbocycles. The number of alkyl halides is 3. The number of benzene rings is 1. The molecule has 1 aromatic carbocycles. The average Bonchev–Trinajstić information content (AvgIpc) is 2.72. The molecule has 2 heterocycles. The van der Waals surface area contributed by atoms with Crippen molar-refractivity contribution in [3.8, 4) is 11.4 Å². The molecule has 2 aromatic rings. The minimum absolute atomic E-state index is 0.302. The summed E-state index contributed by atoms with van der Waals surface area (Å²) in [5, 5.41) is 8.07. The molecule has 22 heavy (non-hydrogen) atoms. The van der Waals surface area contributed by atoms with Crippen LogP contribution in [-0.2, 0) is 11.2 Å². The van der Waals surface area contributed by atoms with E-state index in [-0.39, 0.29) is 5.75 Å². The third-order valence-corrected chi connectivity index (χ3v) is 3.29. The Bertz CT molecular complexity index is 750. The van der Waals surface area contributed by atoms with Crippen LogP contribution in [-0.4, -0.2) is 28.2 Å². The zero-order chi connectivity index (χ0) is 15.9. The zero-order valence-corrected chi connectivity index (χ0v) is 11.8. The van der Waals surface area contributed by atoms with Gasteiger partial charge in [-0.3, -0.25) is 4.57 Å². The van der Waals surface area contributed by atoms with Crippen molar-refractivity contribution in [2.45, 2.75) is 19.7 Å². The van der Waals surface area contributed by atoms with E-state index in [1.54, 1.807) is 17.6 Å². The summed E-state index contributed by atoms with van der Waals surface area (Å²) in [6, 6.07) is 4.09. The fourth-order valence-electron chi connectivity index (χ4n) is 2.44. The van der Waals surface area contributed by atoms with Crippen LogP contribution < -0.4 is 4.74 Å². The maximum atomic E-state index is 12.4. The molecule has 0 saturated heterocycles. The number of nitrogens with zero attached hydrogens (tertiary/aromatic N) is 3. The molecule has 1 aliphatic heterocycles. The van der Waals surface area contributed by atoms with Gasteiger partial charge < -0.3 is 9.47 Å². The lowest BCUT2D eigenvalue weighted by molar-refractivity contribution is -0.274. The van der Waals surface area contributed by atoms with Gasteiger partial charge in [0.05, 0.1) is 12.8 Å². The Morgan fingerprint density at radius 3 is 2.68 bits per heavy atom. The summed E-state index contributed by atoms with van der Waals surface area (Å²) < 4.78 is 48.2. The molecule has 0 radical (unpaired) electrons. The minimum Gasteiger partial charge on any atom is -0.496 e. The van der Waals surface area contributed by atoms with Gasteiger partial charge in [-0.15, -0.1) is 23.4 Å². The van der Waals surface area contributed by atoms with Gasteiger partial charge in [-0.25, -0.2) is 0 Å². The maximum Gasteiger partial charge on any atom is 0.573 e. The zero-order valence-electron chi connectivity index (χ0n) is 11.8. The molecule has 3 rings (SSSR count). The van der Waals surface area contributed by atoms with Crippen LogP contribution in [0.4, 0.5) is 13.2 Å². The number of rotatable bonds is 2. The molecular formula is C14H12F3N3O2. The molecule has 0 unspecified atom stereocenters. The van der Waals surface area contributed by atoms with Crippen LogP contribution in [0.25, 0.3) is 11.4 Å². The highest BCUT2D eigenvalue weighted by molar-refractivity contribution is 5.71. The molecule has 0 spiro atoms. The second-order valence-corrected chi connectivity index (χ2v) is 4.70. The molecular weight excluding hydrogens is 299 g/mol. The van der Waals surface area contributed by atoms with E-state index in [1.807, 2.05) is 0 Å². The van der Waals surface area contributed by atoms with E-state index in [0.29, 0.717) is 35.1 Å². The first kappa shape index (κ1) is 14.4. The Labute approximate surface area is 124 Å². The maximum absolute atomic E-state index is 12.4. The third-order valence-electron chi connectivity index (χ3n) is 3.29. The van der Waals surface area contributed by atoms with Gasteiger partial charge in [-0.2, -0.15) is 0 Å². The van der Waals surface area contributed by atoms with Crippen molar-refractivity contribution in [2.24, 2.45) is 0 Å². The van der Waals surface area contributed by atoms with Crippen molar-refractivity contribution in [1.29, 1.82) is 0 Å². The minimum atomic E-state index is -4.74. The van der Waals surface area contributed by atoms with Gasteiger partial charge >= 0.3 is 6.36 Å². The number of methoxy groups -OCH3 is 1. The Hall–Kier alpha value is -2.51. The SMILES string of the molecule is COC1=CCc2nnc(C)n2-c2ccc(OC(F)(F)F)cc21. The number of aromatic nitrogens is 3. The predicted molar refractivity (Wildman–Crippen MR) is 71.5 cm³/mol. The molecule has 0 atom stereocenters. The van der Waals surface area contributed by atoms with Crippen molar-refractivity contribution >= 4 is 5.76 Å². The van der Waals surface area contributed by atoms with Gasteiger partial charge in [0.2, 0.25) is 0 Å². The second-order valence-electron chi connectivity index (χ2n) is 4.70. The van der Waals surface area contributed by atoms with Gasteiger partial charge in [-0.1, -0.05) is 0 Å². The van der Waals surface area contributed by atoms with Gasteiger partial charge in [0, 0.05) is 12.0 Å². The van der Waals surface area contributed by atoms with Gasteiger partial charge in [0.25, 0.3) is 0 Å². The van der Waals surface area contributed by atoms with E-state index in [9.17, 15) is 13.2 Å². The number of halogens is 3. The van der Waals surface area contributed by atoms with E-state index in [4.69, 9.17) is 4.74 Å². The fraction of sp³-hybridized carbons (Fsp3) is 0.286. The first-order valence-corrected chi connectivity index (χ1v) is 6.44. The van der Waals surface area contributed by atoms with E-state index >= 15 is 0 Å². The summed E-state index contributed by atoms with van der Waals surface area (Å²) in [4.78, 5) is 0. The van der Waals surface area contributed by atoms with Gasteiger partial charge in [-0.05, 0) is 31.2 Å². The highest BCUT2D eigenvalue weighted by atomic mass is 19.4. The number of ether oxygens (including phenoxy) is 2. The third kappa shape index (κ3) is 2.51. The highest BCUT2D eigenvalue weighted by Gasteiger charge is 2.32. The molecule has 0 bridgehead atoms. The molecule has 8 heteroatoms. The van der Waals surface area contributed by atoms with E-state index in [2.05, 4.69) is 14.9 Å². The number of fused-ring (bicyclic) bond motifs is 3. The van der Waals surface area contributed by atoms with E-state index in [1.165, 1.54) is 25.3 Å². The Kier molecular flexibility index (Phi) is 3.31. The van der Waals surface area contributed by atoms with E-state index < -0.39 is 6.36 Å². The number of hydrogen-bond donors (Lipinski definition) is 0. The summed E-state index contributed by atoms with van der Waals surface area (Å²) in [5.74, 6) is 1.50. The fourth-order valence-corrected chi connectivity index (χ4v) is 2.44. The van der Waals surface area contributed by atoms with Crippen molar-refractivity contribution in [2.75, 3.05) is 7.11 Å². The topological polar surface area (TPSA) is 49.2 Å². The average molecular weight is 311 g/mol. The van der Waals surface area contributed by atoms with Crippen LogP contribution in [0.1, 0.15) is 17.2 Å². The molecule has 116 valence electrons. The Balaban J connectivity index is 2.16. The molecule has 0 aliphatic carbocycles. The highest BCUT2D eigenvalue weighted by Crippen LogP contribution is 2.33. The lowest BCUT2D eigenvalue weighted by Gasteiger charge is -2.15. The lowest BCUT2D eigenvalue weighted by Crippen LogP contribution is -2.17. The molecule has 0 N–H and O–H groups in total. The number of aryl methyl sites for hydroxylation is 1. The summed E-state index contributed by atoms with van der Waals surface area (Å²) >= 11 is 0. The van der Waals surface area contributed by atoms with E-state index in [0.717, 1.165) is 0 Å². The quantitative estimate of drug-likeness (QED) is 0.855. The Morgan fingerprint density at radius 1 is 1.23 bits per heavy atom. The molecule has 1 aliphatic rings. The second kappa shape index (κ2) is 5.04. The molecule has 0 fully saturated rings. The summed E-state index contributed by atoms with van der Waals surface area (Å²) in [6.07, 6.45) is -2.52. The predicted octanol–water partition coefficient (Wildman–Crippen LogP) is 3.02. The number of allylic oxidation sites excluding steroid dienone is 1. The summed E-state index contributed by atoms with van der Waals surface area (Å²) in [7, 11) is 1.46. The lowest BCUT2D eigenvalue weighted by atomic mass is 10.1. The molecule has 5 nitrogen and oxygen atoms in total. The standard InChI is InChI=1S/C14H12F3N3O2/c1-8-18-19-13-6-5-12(21-2)10-7-9(22-14(15,16)17)3-4-11(10)20(8)13/h3-5,7H,6H2,1-2H3. The monoisotopic (exact) mass is 311 g/mol. The number of hydrogen-bond acceptors (Lipinski definition) is 4. The normalized spacial score (nSPS) is 13.8. The van der Waals surface area contributed by atoms with Crippen LogP contribution >= 0.6 is 0 Å². The molecule has 1 aromatic heterocycles. The van der Waals surface area contributed by atoms with Crippen LogP contribution in [0.3, 0.4) is 0 Å². The van der Waals surface area contributed by atoms with Crippen molar-refractivity contribution in [3.05, 3.63) is 41.5 Å². The van der Waals surface area contributed by atoms with Crippen LogP contribution in [0, 0.1) is 6.92 Å². The largest absolute Gasteiger partial charge is 0.573 e. The summed E-state index contributed by atoms with van der Waals surface area (Å²) in [5.41, 5.74) is 1.14. The van der Waals surface area contributed by atoms with Gasteiger partial charge in [0.15, 0.2) is 0 Å². The smallest absolute Gasteiger partial charge is 0.496 e. The summed E-state index contributed by atoms with van der Waals surface area (Å²) in [6.45, 7) is 1.78. The van der Waals surface area contributed by atoms with Crippen molar-refractivity contribution < 1.29 is 22.6 Å². The van der Waals surface area contributed by atoms with Crippen LogP contribution in [0.5, 0.6) is 5.75 Å². The van der Waals surface area contributed by atoms with Crippen LogP contribution in [0.15, 0.2) is 24.3 Å². The van der Waals surface area contributed by atoms with Gasteiger partial charge in [0.1, 0.15) is 23.2 Å². The first-order valence-electron chi connectivity index (χ1n) is 6.44. The Morgan fingerprint density at radius 2 is 2.00 bits per heavy atom. The first-order chi connectivity index (χ1) is 10.4. The van der Waals surface area contributed by atoms with Crippen LogP contribution in [0.2, 0.25) is 0 Å². The molecule has 0 amide bonds. The van der Waals surface area contributed by atoms with Crippen molar-refractivity contribution in [1.82, 2.24) is 14.8 Å².